The molecule has 0 unspecified atom stereocenters. The predicted molar refractivity (Wildman–Crippen MR) is 117 cm³/mol. The van der Waals surface area contributed by atoms with Gasteiger partial charge in [-0.3, -0.25) is 9.59 Å². The minimum atomic E-state index is -0.204. The second-order valence-electron chi connectivity index (χ2n) is 8.74. The van der Waals surface area contributed by atoms with Crippen molar-refractivity contribution in [3.05, 3.63) is 81.3 Å². The van der Waals surface area contributed by atoms with Crippen molar-refractivity contribution in [3.8, 4) is 0 Å². The quantitative estimate of drug-likeness (QED) is 0.640. The normalized spacial score (nSPS) is 18.1. The molecule has 0 radical (unpaired) electrons. The molecule has 160 valence electrons. The summed E-state index contributed by atoms with van der Waals surface area (Å²) in [6, 6.07) is 12.5. The van der Waals surface area contributed by atoms with E-state index in [9.17, 15) is 9.59 Å². The van der Waals surface area contributed by atoms with Gasteiger partial charge in [0, 0.05) is 25.2 Å². The van der Waals surface area contributed by atoms with E-state index < -0.39 is 0 Å². The number of amides is 1. The maximum atomic E-state index is 13.4. The molecule has 2 aromatic heterocycles. The Hall–Kier alpha value is -3.22. The number of hydrogen-bond donors (Lipinski definition) is 0. The third-order valence-electron chi connectivity index (χ3n) is 6.34. The molecule has 2 aliphatic rings. The molecule has 0 N–H and O–H groups in total. The van der Waals surface area contributed by atoms with Crippen LogP contribution in [0.3, 0.4) is 0 Å². The summed E-state index contributed by atoms with van der Waals surface area (Å²) in [6.07, 6.45) is 5.54. The number of hydrogen-bond acceptors (Lipinski definition) is 4. The number of benzene rings is 1. The summed E-state index contributed by atoms with van der Waals surface area (Å²) in [6.45, 7) is 4.83. The molecule has 1 fully saturated rings. The summed E-state index contributed by atoms with van der Waals surface area (Å²) < 4.78 is 3.88. The lowest BCUT2D eigenvalue weighted by Gasteiger charge is -2.33. The smallest absolute Gasteiger partial charge is 0.263 e. The summed E-state index contributed by atoms with van der Waals surface area (Å²) in [4.78, 5) is 28.1. The van der Waals surface area contributed by atoms with E-state index in [2.05, 4.69) is 33.8 Å². The third-order valence-corrected chi connectivity index (χ3v) is 6.34. The SMILES string of the molecule is Cc1ccn(C2CC2)c(=O)c1C(=O)N1Cc2nnc(CCc3ccccc3)n2[C@@H](C)C1. The van der Waals surface area contributed by atoms with Crippen LogP contribution >= 0.6 is 0 Å². The monoisotopic (exact) mass is 417 g/mol. The van der Waals surface area contributed by atoms with Crippen LogP contribution in [-0.2, 0) is 19.4 Å². The van der Waals surface area contributed by atoms with Gasteiger partial charge in [-0.1, -0.05) is 30.3 Å². The molecular weight excluding hydrogens is 390 g/mol. The van der Waals surface area contributed by atoms with Gasteiger partial charge in [-0.25, -0.2) is 0 Å². The Morgan fingerprint density at radius 2 is 1.87 bits per heavy atom. The summed E-state index contributed by atoms with van der Waals surface area (Å²) in [7, 11) is 0. The van der Waals surface area contributed by atoms with E-state index in [1.807, 2.05) is 37.4 Å². The van der Waals surface area contributed by atoms with Crippen molar-refractivity contribution >= 4 is 5.91 Å². The third kappa shape index (κ3) is 3.69. The number of carbonyl (C=O) groups is 1. The number of aromatic nitrogens is 4. The zero-order valence-corrected chi connectivity index (χ0v) is 18.0. The largest absolute Gasteiger partial charge is 0.329 e. The highest BCUT2D eigenvalue weighted by Gasteiger charge is 2.33. The van der Waals surface area contributed by atoms with Crippen molar-refractivity contribution in [1.29, 1.82) is 0 Å². The average molecular weight is 418 g/mol. The van der Waals surface area contributed by atoms with Gasteiger partial charge >= 0.3 is 0 Å². The first-order valence-corrected chi connectivity index (χ1v) is 11.0. The molecule has 31 heavy (non-hydrogen) atoms. The molecule has 1 saturated carbocycles. The van der Waals surface area contributed by atoms with Gasteiger partial charge in [0.15, 0.2) is 5.82 Å². The Morgan fingerprint density at radius 1 is 1.10 bits per heavy atom. The highest BCUT2D eigenvalue weighted by atomic mass is 16.2. The Bertz CT molecular complexity index is 1180. The van der Waals surface area contributed by atoms with Crippen molar-refractivity contribution in [2.45, 2.75) is 58.2 Å². The standard InChI is InChI=1S/C24H27N5O2/c1-16-12-13-28(19-9-10-19)24(31)22(16)23(30)27-14-17(2)29-20(25-26-21(29)15-27)11-8-18-6-4-3-5-7-18/h3-7,12-13,17,19H,8-11,14-15H2,1-2H3/t17-/m0/s1. The topological polar surface area (TPSA) is 73.0 Å². The Labute approximate surface area is 181 Å². The van der Waals surface area contributed by atoms with Crippen LogP contribution in [0.5, 0.6) is 0 Å². The van der Waals surface area contributed by atoms with Crippen LogP contribution in [0.25, 0.3) is 0 Å². The molecule has 7 nitrogen and oxygen atoms in total. The zero-order chi connectivity index (χ0) is 21.5. The summed E-state index contributed by atoms with van der Waals surface area (Å²) in [5, 5.41) is 8.80. The van der Waals surface area contributed by atoms with Crippen LogP contribution in [0.4, 0.5) is 0 Å². The predicted octanol–water partition coefficient (Wildman–Crippen LogP) is 3.09. The van der Waals surface area contributed by atoms with E-state index in [1.54, 1.807) is 9.47 Å². The molecule has 1 aliphatic heterocycles. The van der Waals surface area contributed by atoms with Crippen LogP contribution in [0.1, 0.15) is 65.0 Å². The first-order chi connectivity index (χ1) is 15.0. The van der Waals surface area contributed by atoms with Gasteiger partial charge in [-0.15, -0.1) is 10.2 Å². The number of carbonyl (C=O) groups excluding carboxylic acids is 1. The number of pyridine rings is 1. The molecule has 3 heterocycles. The van der Waals surface area contributed by atoms with Gasteiger partial charge in [0.2, 0.25) is 0 Å². The van der Waals surface area contributed by atoms with Gasteiger partial charge in [0.1, 0.15) is 11.4 Å². The lowest BCUT2D eigenvalue weighted by atomic mass is 10.1. The van der Waals surface area contributed by atoms with Gasteiger partial charge in [-0.2, -0.15) is 0 Å². The highest BCUT2D eigenvalue weighted by molar-refractivity contribution is 5.95. The summed E-state index contributed by atoms with van der Waals surface area (Å²) in [5.41, 5.74) is 2.12. The number of aryl methyl sites for hydroxylation is 3. The van der Waals surface area contributed by atoms with Gasteiger partial charge in [0.05, 0.1) is 12.6 Å². The van der Waals surface area contributed by atoms with Crippen molar-refractivity contribution < 1.29 is 4.79 Å². The maximum Gasteiger partial charge on any atom is 0.263 e. The van der Waals surface area contributed by atoms with Crippen LogP contribution in [0.15, 0.2) is 47.4 Å². The fraction of sp³-hybridized carbons (Fsp3) is 0.417. The molecule has 1 amide bonds. The minimum absolute atomic E-state index is 0.0585. The second-order valence-corrected chi connectivity index (χ2v) is 8.74. The molecule has 1 atom stereocenters. The molecule has 0 bridgehead atoms. The average Bonchev–Trinajstić information content (AvgIpc) is 3.52. The van der Waals surface area contributed by atoms with Crippen LogP contribution < -0.4 is 5.56 Å². The van der Waals surface area contributed by atoms with E-state index in [4.69, 9.17) is 0 Å². The second kappa shape index (κ2) is 7.80. The zero-order valence-electron chi connectivity index (χ0n) is 18.0. The Morgan fingerprint density at radius 3 is 2.61 bits per heavy atom. The molecule has 7 heteroatoms. The molecule has 1 aliphatic carbocycles. The van der Waals surface area contributed by atoms with E-state index in [-0.39, 0.29) is 23.6 Å². The lowest BCUT2D eigenvalue weighted by molar-refractivity contribution is 0.0676. The van der Waals surface area contributed by atoms with Gasteiger partial charge in [0.25, 0.3) is 11.5 Å². The van der Waals surface area contributed by atoms with E-state index in [0.717, 1.165) is 42.9 Å². The minimum Gasteiger partial charge on any atom is -0.329 e. The van der Waals surface area contributed by atoms with Gasteiger partial charge < -0.3 is 14.0 Å². The summed E-state index contributed by atoms with van der Waals surface area (Å²) >= 11 is 0. The summed E-state index contributed by atoms with van der Waals surface area (Å²) in [5.74, 6) is 1.53. The van der Waals surface area contributed by atoms with Gasteiger partial charge in [-0.05, 0) is 50.3 Å². The molecule has 3 aromatic rings. The number of nitrogens with zero attached hydrogens (tertiary/aromatic N) is 5. The number of rotatable bonds is 5. The fourth-order valence-corrected chi connectivity index (χ4v) is 4.54. The van der Waals surface area contributed by atoms with Crippen LogP contribution in [0.2, 0.25) is 0 Å². The molecule has 0 saturated heterocycles. The van der Waals surface area contributed by atoms with Crippen LogP contribution in [0, 0.1) is 6.92 Å². The van der Waals surface area contributed by atoms with Crippen LogP contribution in [-0.4, -0.2) is 36.7 Å². The molecule has 5 rings (SSSR count). The highest BCUT2D eigenvalue weighted by Crippen LogP contribution is 2.33. The van der Waals surface area contributed by atoms with E-state index >= 15 is 0 Å². The Balaban J connectivity index is 1.37. The van der Waals surface area contributed by atoms with E-state index in [0.29, 0.717) is 18.7 Å². The molecular formula is C24H27N5O2. The number of fused-ring (bicyclic) bond motifs is 1. The first kappa shape index (κ1) is 19.7. The van der Waals surface area contributed by atoms with Crippen molar-refractivity contribution in [2.24, 2.45) is 0 Å². The van der Waals surface area contributed by atoms with Crippen molar-refractivity contribution in [3.63, 3.8) is 0 Å². The maximum absolute atomic E-state index is 13.4. The van der Waals surface area contributed by atoms with Crippen molar-refractivity contribution in [2.75, 3.05) is 6.54 Å². The van der Waals surface area contributed by atoms with E-state index in [1.165, 1.54) is 5.56 Å². The lowest BCUT2D eigenvalue weighted by Crippen LogP contribution is -2.43. The molecule has 0 spiro atoms. The fourth-order valence-electron chi connectivity index (χ4n) is 4.54. The Kier molecular flexibility index (Phi) is 4.96. The van der Waals surface area contributed by atoms with Crippen molar-refractivity contribution in [1.82, 2.24) is 24.2 Å². The first-order valence-electron chi connectivity index (χ1n) is 11.0. The molecule has 1 aromatic carbocycles.